The standard InChI is InChI=1S/C33H52NO/c1-3-5-7-9-11-13-15-17-27-34-28-25-32(26-29-34)20-19-31-21-23-33(24-22-31)35-30-18-16-14-12-10-8-6-4-2/h19-26,28-29H,3-18,27,30H2,1-2H3/q+1/b20-19+. The number of hydrogen-bond acceptors (Lipinski definition) is 1. The van der Waals surface area contributed by atoms with Crippen molar-refractivity contribution in [1.29, 1.82) is 0 Å². The third-order valence-corrected chi connectivity index (χ3v) is 6.80. The third kappa shape index (κ3) is 14.8. The minimum Gasteiger partial charge on any atom is -0.494 e. The molecule has 1 aromatic carbocycles. The average Bonchev–Trinajstić information content (AvgIpc) is 2.89. The van der Waals surface area contributed by atoms with Gasteiger partial charge in [0.1, 0.15) is 12.3 Å². The first-order valence-corrected chi connectivity index (χ1v) is 14.7. The molecule has 194 valence electrons. The van der Waals surface area contributed by atoms with Crippen molar-refractivity contribution >= 4 is 12.2 Å². The van der Waals surface area contributed by atoms with Crippen LogP contribution in [0.1, 0.15) is 128 Å². The first-order valence-electron chi connectivity index (χ1n) is 14.7. The van der Waals surface area contributed by atoms with E-state index in [0.29, 0.717) is 0 Å². The molecule has 2 nitrogen and oxygen atoms in total. The van der Waals surface area contributed by atoms with Crippen LogP contribution in [0, 0.1) is 0 Å². The molecule has 0 fully saturated rings. The predicted octanol–water partition coefficient (Wildman–Crippen LogP) is 9.80. The smallest absolute Gasteiger partial charge is 0.169 e. The second-order valence-electron chi connectivity index (χ2n) is 10.1. The van der Waals surface area contributed by atoms with E-state index in [9.17, 15) is 0 Å². The molecule has 1 aromatic heterocycles. The van der Waals surface area contributed by atoms with Gasteiger partial charge in [0.25, 0.3) is 0 Å². The Morgan fingerprint density at radius 2 is 1.00 bits per heavy atom. The lowest BCUT2D eigenvalue weighted by Crippen LogP contribution is -2.32. The van der Waals surface area contributed by atoms with Crippen LogP contribution in [0.5, 0.6) is 5.75 Å². The summed E-state index contributed by atoms with van der Waals surface area (Å²) >= 11 is 0. The highest BCUT2D eigenvalue weighted by atomic mass is 16.5. The van der Waals surface area contributed by atoms with Crippen LogP contribution in [0.3, 0.4) is 0 Å². The highest BCUT2D eigenvalue weighted by molar-refractivity contribution is 5.69. The van der Waals surface area contributed by atoms with Crippen molar-refractivity contribution < 1.29 is 9.30 Å². The van der Waals surface area contributed by atoms with Crippen LogP contribution in [-0.4, -0.2) is 6.61 Å². The topological polar surface area (TPSA) is 13.1 Å². The molecular weight excluding hydrogens is 426 g/mol. The molecule has 2 aromatic rings. The Kier molecular flexibility index (Phi) is 16.8. The van der Waals surface area contributed by atoms with Gasteiger partial charge in [-0.05, 0) is 36.1 Å². The van der Waals surface area contributed by atoms with Gasteiger partial charge in [0.15, 0.2) is 12.4 Å². The molecule has 0 bridgehead atoms. The number of nitrogens with zero attached hydrogens (tertiary/aromatic N) is 1. The molecule has 0 radical (unpaired) electrons. The van der Waals surface area contributed by atoms with Gasteiger partial charge in [-0.2, -0.15) is 0 Å². The summed E-state index contributed by atoms with van der Waals surface area (Å²) in [5.41, 5.74) is 2.45. The summed E-state index contributed by atoms with van der Waals surface area (Å²) in [6.07, 6.45) is 30.4. The first kappa shape index (κ1) is 29.1. The Balaban J connectivity index is 1.58. The quantitative estimate of drug-likeness (QED) is 0.128. The Morgan fingerprint density at radius 1 is 0.543 bits per heavy atom. The number of hydrogen-bond donors (Lipinski definition) is 0. The molecule has 0 unspecified atom stereocenters. The Hall–Kier alpha value is -2.09. The summed E-state index contributed by atoms with van der Waals surface area (Å²) in [7, 11) is 0. The second-order valence-corrected chi connectivity index (χ2v) is 10.1. The maximum Gasteiger partial charge on any atom is 0.169 e. The van der Waals surface area contributed by atoms with Crippen LogP contribution in [0.15, 0.2) is 48.8 Å². The van der Waals surface area contributed by atoms with E-state index in [0.717, 1.165) is 25.3 Å². The molecule has 2 rings (SSSR count). The number of ether oxygens (including phenoxy) is 1. The number of aryl methyl sites for hydroxylation is 1. The molecule has 0 atom stereocenters. The van der Waals surface area contributed by atoms with Crippen molar-refractivity contribution in [1.82, 2.24) is 0 Å². The highest BCUT2D eigenvalue weighted by Crippen LogP contribution is 2.16. The van der Waals surface area contributed by atoms with Crippen LogP contribution in [0.2, 0.25) is 0 Å². The van der Waals surface area contributed by atoms with Gasteiger partial charge in [-0.25, -0.2) is 4.57 Å². The molecule has 0 aliphatic heterocycles. The third-order valence-electron chi connectivity index (χ3n) is 6.80. The second kappa shape index (κ2) is 20.1. The fraction of sp³-hybridized carbons (Fsp3) is 0.606. The minimum atomic E-state index is 0.827. The van der Waals surface area contributed by atoms with Crippen molar-refractivity contribution in [2.24, 2.45) is 0 Å². The molecule has 35 heavy (non-hydrogen) atoms. The van der Waals surface area contributed by atoms with Crippen LogP contribution in [0.25, 0.3) is 12.2 Å². The van der Waals surface area contributed by atoms with Crippen molar-refractivity contribution in [3.05, 3.63) is 59.9 Å². The Labute approximate surface area is 216 Å². The summed E-state index contributed by atoms with van der Waals surface area (Å²) in [4.78, 5) is 0. The van der Waals surface area contributed by atoms with Gasteiger partial charge in [-0.1, -0.05) is 122 Å². The zero-order valence-corrected chi connectivity index (χ0v) is 22.9. The van der Waals surface area contributed by atoms with Gasteiger partial charge in [0.2, 0.25) is 0 Å². The SMILES string of the molecule is CCCCCCCCCCOc1ccc(/C=C/c2cc[n+](CCCCCCCCCC)cc2)cc1. The molecule has 1 heterocycles. The Morgan fingerprint density at radius 3 is 1.54 bits per heavy atom. The molecule has 0 N–H and O–H groups in total. The lowest BCUT2D eigenvalue weighted by molar-refractivity contribution is -0.697. The normalized spacial score (nSPS) is 11.4. The van der Waals surface area contributed by atoms with Crippen LogP contribution in [0.4, 0.5) is 0 Å². The molecule has 0 amide bonds. The van der Waals surface area contributed by atoms with Gasteiger partial charge in [-0.3, -0.25) is 0 Å². The molecule has 0 aliphatic rings. The maximum atomic E-state index is 5.92. The van der Waals surface area contributed by atoms with Gasteiger partial charge in [0.05, 0.1) is 6.61 Å². The van der Waals surface area contributed by atoms with E-state index in [1.807, 2.05) is 0 Å². The van der Waals surface area contributed by atoms with E-state index < -0.39 is 0 Å². The summed E-state index contributed by atoms with van der Waals surface area (Å²) in [5.74, 6) is 0.979. The van der Waals surface area contributed by atoms with Gasteiger partial charge < -0.3 is 4.74 Å². The van der Waals surface area contributed by atoms with Gasteiger partial charge >= 0.3 is 0 Å². The molecule has 2 heteroatoms. The summed E-state index contributed by atoms with van der Waals surface area (Å²) in [6.45, 7) is 6.51. The lowest BCUT2D eigenvalue weighted by Gasteiger charge is -2.06. The molecule has 0 saturated carbocycles. The van der Waals surface area contributed by atoms with Crippen molar-refractivity contribution in [3.8, 4) is 5.75 Å². The van der Waals surface area contributed by atoms with E-state index in [1.165, 1.54) is 107 Å². The Bertz CT molecular complexity index is 763. The van der Waals surface area contributed by atoms with Crippen molar-refractivity contribution in [3.63, 3.8) is 0 Å². The fourth-order valence-electron chi connectivity index (χ4n) is 4.45. The zero-order valence-electron chi connectivity index (χ0n) is 22.9. The fourth-order valence-corrected chi connectivity index (χ4v) is 4.45. The number of benzene rings is 1. The van der Waals surface area contributed by atoms with E-state index >= 15 is 0 Å². The number of aromatic nitrogens is 1. The number of rotatable bonds is 21. The average molecular weight is 479 g/mol. The van der Waals surface area contributed by atoms with E-state index in [1.54, 1.807) is 0 Å². The van der Waals surface area contributed by atoms with Crippen molar-refractivity contribution in [2.75, 3.05) is 6.61 Å². The summed E-state index contributed by atoms with van der Waals surface area (Å²) in [5, 5.41) is 0. The first-order chi connectivity index (χ1) is 17.3. The zero-order chi connectivity index (χ0) is 24.8. The minimum absolute atomic E-state index is 0.827. The molecular formula is C33H52NO+. The van der Waals surface area contributed by atoms with Crippen LogP contribution < -0.4 is 9.30 Å². The summed E-state index contributed by atoms with van der Waals surface area (Å²) < 4.78 is 8.24. The predicted molar refractivity (Wildman–Crippen MR) is 153 cm³/mol. The van der Waals surface area contributed by atoms with E-state index in [2.05, 4.69) is 79.4 Å². The van der Waals surface area contributed by atoms with Gasteiger partial charge in [0, 0.05) is 18.6 Å². The molecule has 0 aliphatic carbocycles. The van der Waals surface area contributed by atoms with E-state index in [4.69, 9.17) is 4.74 Å². The molecule has 0 spiro atoms. The largest absolute Gasteiger partial charge is 0.494 e. The number of pyridine rings is 1. The highest BCUT2D eigenvalue weighted by Gasteiger charge is 2.01. The molecule has 0 saturated heterocycles. The van der Waals surface area contributed by atoms with Crippen molar-refractivity contribution in [2.45, 2.75) is 123 Å². The summed E-state index contributed by atoms with van der Waals surface area (Å²) in [6, 6.07) is 12.9. The number of unbranched alkanes of at least 4 members (excludes halogenated alkanes) is 14. The maximum absolute atomic E-state index is 5.92. The van der Waals surface area contributed by atoms with Crippen LogP contribution >= 0.6 is 0 Å². The van der Waals surface area contributed by atoms with Gasteiger partial charge in [-0.15, -0.1) is 0 Å². The van der Waals surface area contributed by atoms with E-state index in [-0.39, 0.29) is 0 Å². The van der Waals surface area contributed by atoms with Crippen LogP contribution in [-0.2, 0) is 6.54 Å². The monoisotopic (exact) mass is 478 g/mol. The lowest BCUT2D eigenvalue weighted by atomic mass is 10.1.